The van der Waals surface area contributed by atoms with E-state index in [0.29, 0.717) is 17.2 Å². The Bertz CT molecular complexity index is 849. The molecule has 0 bridgehead atoms. The number of nitrogens with zero attached hydrogens (tertiary/aromatic N) is 1. The standard InChI is InChI=1S/C20H26N2O4S/c1-15(2)16(3)21-20(23)14-22(27(4,24)25)17-10-12-19(13-11-17)26-18-8-6-5-7-9-18/h5-13,15-16H,14H2,1-4H3,(H,21,23). The zero-order valence-electron chi connectivity index (χ0n) is 16.0. The molecule has 0 radical (unpaired) electrons. The van der Waals surface area contributed by atoms with Crippen LogP contribution in [0.5, 0.6) is 11.5 Å². The molecule has 0 aromatic heterocycles. The zero-order chi connectivity index (χ0) is 20.0. The summed E-state index contributed by atoms with van der Waals surface area (Å²) in [6.07, 6.45) is 1.08. The third-order valence-corrected chi connectivity index (χ3v) is 5.32. The maximum atomic E-state index is 12.3. The zero-order valence-corrected chi connectivity index (χ0v) is 16.9. The number of sulfonamides is 1. The number of benzene rings is 2. The smallest absolute Gasteiger partial charge is 0.240 e. The summed E-state index contributed by atoms with van der Waals surface area (Å²) < 4.78 is 31.2. The molecular formula is C20H26N2O4S. The second kappa shape index (κ2) is 8.90. The van der Waals surface area contributed by atoms with Gasteiger partial charge < -0.3 is 10.1 Å². The van der Waals surface area contributed by atoms with E-state index in [-0.39, 0.29) is 24.4 Å². The number of hydrogen-bond donors (Lipinski definition) is 1. The summed E-state index contributed by atoms with van der Waals surface area (Å²) >= 11 is 0. The molecule has 0 aliphatic heterocycles. The number of rotatable bonds is 8. The van der Waals surface area contributed by atoms with Crippen LogP contribution in [0, 0.1) is 5.92 Å². The first-order chi connectivity index (χ1) is 12.7. The molecule has 2 aromatic rings. The minimum atomic E-state index is -3.61. The van der Waals surface area contributed by atoms with Gasteiger partial charge in [-0.2, -0.15) is 0 Å². The molecule has 0 aliphatic rings. The minimum Gasteiger partial charge on any atom is -0.457 e. The van der Waals surface area contributed by atoms with Crippen LogP contribution in [0.15, 0.2) is 54.6 Å². The number of carbonyl (C=O) groups excluding carboxylic acids is 1. The number of hydrogen-bond acceptors (Lipinski definition) is 4. The molecule has 0 fully saturated rings. The molecule has 2 aromatic carbocycles. The van der Waals surface area contributed by atoms with Crippen LogP contribution >= 0.6 is 0 Å². The molecular weight excluding hydrogens is 364 g/mol. The van der Waals surface area contributed by atoms with Crippen molar-refractivity contribution in [2.75, 3.05) is 17.1 Å². The number of amides is 1. The third kappa shape index (κ3) is 6.29. The maximum absolute atomic E-state index is 12.3. The lowest BCUT2D eigenvalue weighted by molar-refractivity contribution is -0.120. The topological polar surface area (TPSA) is 75.7 Å². The van der Waals surface area contributed by atoms with Crippen molar-refractivity contribution in [1.82, 2.24) is 5.32 Å². The quantitative estimate of drug-likeness (QED) is 0.749. The number of para-hydroxylation sites is 1. The Morgan fingerprint density at radius 1 is 1.00 bits per heavy atom. The summed E-state index contributed by atoms with van der Waals surface area (Å²) in [5.41, 5.74) is 0.408. The fourth-order valence-corrected chi connectivity index (χ4v) is 3.16. The van der Waals surface area contributed by atoms with Gasteiger partial charge in [-0.3, -0.25) is 9.10 Å². The Labute approximate surface area is 161 Å². The van der Waals surface area contributed by atoms with Gasteiger partial charge in [0.15, 0.2) is 0 Å². The third-order valence-electron chi connectivity index (χ3n) is 4.18. The van der Waals surface area contributed by atoms with Crippen molar-refractivity contribution in [3.63, 3.8) is 0 Å². The SMILES string of the molecule is CC(C)C(C)NC(=O)CN(c1ccc(Oc2ccccc2)cc1)S(C)(=O)=O. The van der Waals surface area contributed by atoms with E-state index < -0.39 is 10.0 Å². The van der Waals surface area contributed by atoms with Crippen molar-refractivity contribution in [1.29, 1.82) is 0 Å². The lowest BCUT2D eigenvalue weighted by Gasteiger charge is -2.24. The van der Waals surface area contributed by atoms with Gasteiger partial charge in [0.05, 0.1) is 11.9 Å². The number of anilines is 1. The Kier molecular flexibility index (Phi) is 6.85. The highest BCUT2D eigenvalue weighted by Crippen LogP contribution is 2.25. The predicted octanol–water partition coefficient (Wildman–Crippen LogP) is 3.41. The summed E-state index contributed by atoms with van der Waals surface area (Å²) in [7, 11) is -3.61. The molecule has 1 N–H and O–H groups in total. The number of ether oxygens (including phenoxy) is 1. The first-order valence-corrected chi connectivity index (χ1v) is 10.6. The normalized spacial score (nSPS) is 12.5. The largest absolute Gasteiger partial charge is 0.457 e. The van der Waals surface area contributed by atoms with Gasteiger partial charge in [0.2, 0.25) is 15.9 Å². The van der Waals surface area contributed by atoms with E-state index in [1.807, 2.05) is 51.1 Å². The van der Waals surface area contributed by atoms with Crippen LogP contribution in [0.4, 0.5) is 5.69 Å². The second-order valence-electron chi connectivity index (χ2n) is 6.78. The van der Waals surface area contributed by atoms with E-state index >= 15 is 0 Å². The average molecular weight is 391 g/mol. The van der Waals surface area contributed by atoms with Crippen LogP contribution in [0.25, 0.3) is 0 Å². The Balaban J connectivity index is 2.13. The highest BCUT2D eigenvalue weighted by Gasteiger charge is 2.22. The molecule has 0 spiro atoms. The van der Waals surface area contributed by atoms with Crippen LogP contribution in [-0.4, -0.2) is 33.2 Å². The van der Waals surface area contributed by atoms with Crippen molar-refractivity contribution >= 4 is 21.6 Å². The van der Waals surface area contributed by atoms with Crippen molar-refractivity contribution in [2.24, 2.45) is 5.92 Å². The average Bonchev–Trinajstić information content (AvgIpc) is 2.60. The van der Waals surface area contributed by atoms with Gasteiger partial charge in [0.25, 0.3) is 0 Å². The molecule has 1 amide bonds. The molecule has 0 saturated heterocycles. The fraction of sp³-hybridized carbons (Fsp3) is 0.350. The van der Waals surface area contributed by atoms with E-state index in [2.05, 4.69) is 5.32 Å². The van der Waals surface area contributed by atoms with Gasteiger partial charge in [-0.05, 0) is 49.2 Å². The van der Waals surface area contributed by atoms with E-state index in [0.717, 1.165) is 10.6 Å². The fourth-order valence-electron chi connectivity index (χ4n) is 2.30. The highest BCUT2D eigenvalue weighted by molar-refractivity contribution is 7.92. The molecule has 7 heteroatoms. The predicted molar refractivity (Wildman–Crippen MR) is 108 cm³/mol. The number of carbonyl (C=O) groups is 1. The van der Waals surface area contributed by atoms with Crippen molar-refractivity contribution in [2.45, 2.75) is 26.8 Å². The van der Waals surface area contributed by atoms with Gasteiger partial charge >= 0.3 is 0 Å². The summed E-state index contributed by atoms with van der Waals surface area (Å²) in [5.74, 6) is 1.19. The lowest BCUT2D eigenvalue weighted by Crippen LogP contribution is -2.44. The summed E-state index contributed by atoms with van der Waals surface area (Å²) in [6, 6.07) is 15.8. The first-order valence-electron chi connectivity index (χ1n) is 8.77. The van der Waals surface area contributed by atoms with Crippen LogP contribution in [0.3, 0.4) is 0 Å². The van der Waals surface area contributed by atoms with Gasteiger partial charge in [0.1, 0.15) is 18.0 Å². The van der Waals surface area contributed by atoms with Gasteiger partial charge in [0, 0.05) is 6.04 Å². The van der Waals surface area contributed by atoms with Crippen molar-refractivity contribution in [3.05, 3.63) is 54.6 Å². The summed E-state index contributed by atoms with van der Waals surface area (Å²) in [6.45, 7) is 5.60. The van der Waals surface area contributed by atoms with Crippen molar-refractivity contribution in [3.8, 4) is 11.5 Å². The van der Waals surface area contributed by atoms with Crippen molar-refractivity contribution < 1.29 is 17.9 Å². The van der Waals surface area contributed by atoms with Gasteiger partial charge in [-0.15, -0.1) is 0 Å². The minimum absolute atomic E-state index is 0.0411. The highest BCUT2D eigenvalue weighted by atomic mass is 32.2. The summed E-state index contributed by atoms with van der Waals surface area (Å²) in [4.78, 5) is 12.3. The van der Waals surface area contributed by atoms with Gasteiger partial charge in [-0.25, -0.2) is 8.42 Å². The Hall–Kier alpha value is -2.54. The molecule has 2 rings (SSSR count). The maximum Gasteiger partial charge on any atom is 0.240 e. The Morgan fingerprint density at radius 2 is 1.56 bits per heavy atom. The molecule has 0 aliphatic carbocycles. The monoisotopic (exact) mass is 390 g/mol. The molecule has 0 saturated carbocycles. The van der Waals surface area contributed by atoms with Crippen LogP contribution in [0.1, 0.15) is 20.8 Å². The number of nitrogens with one attached hydrogen (secondary N) is 1. The van der Waals surface area contributed by atoms with Crippen LogP contribution in [-0.2, 0) is 14.8 Å². The second-order valence-corrected chi connectivity index (χ2v) is 8.69. The van der Waals surface area contributed by atoms with E-state index in [1.54, 1.807) is 24.3 Å². The molecule has 6 nitrogen and oxygen atoms in total. The van der Waals surface area contributed by atoms with E-state index in [9.17, 15) is 13.2 Å². The van der Waals surface area contributed by atoms with Crippen LogP contribution < -0.4 is 14.4 Å². The molecule has 146 valence electrons. The van der Waals surface area contributed by atoms with Gasteiger partial charge in [-0.1, -0.05) is 32.0 Å². The molecule has 1 unspecified atom stereocenters. The molecule has 27 heavy (non-hydrogen) atoms. The molecule has 1 atom stereocenters. The first kappa shape index (κ1) is 20.8. The summed E-state index contributed by atoms with van der Waals surface area (Å²) in [5, 5.41) is 2.83. The van der Waals surface area contributed by atoms with E-state index in [1.165, 1.54) is 0 Å². The molecule has 0 heterocycles. The Morgan fingerprint density at radius 3 is 2.07 bits per heavy atom. The van der Waals surface area contributed by atoms with E-state index in [4.69, 9.17) is 4.74 Å². The lowest BCUT2D eigenvalue weighted by atomic mass is 10.1. The van der Waals surface area contributed by atoms with Crippen LogP contribution in [0.2, 0.25) is 0 Å².